The Morgan fingerprint density at radius 3 is 3.10 bits per heavy atom. The minimum absolute atomic E-state index is 0.237. The van der Waals surface area contributed by atoms with Crippen LogP contribution in [0.15, 0.2) is 34.9 Å². The summed E-state index contributed by atoms with van der Waals surface area (Å²) < 4.78 is 0.990. The first-order valence-electron chi connectivity index (χ1n) is 7.12. The van der Waals surface area contributed by atoms with Crippen molar-refractivity contribution in [2.24, 2.45) is 5.92 Å². The lowest BCUT2D eigenvalue weighted by Crippen LogP contribution is -2.38. The van der Waals surface area contributed by atoms with Gasteiger partial charge in [-0.05, 0) is 53.0 Å². The van der Waals surface area contributed by atoms with Gasteiger partial charge in [0, 0.05) is 29.1 Å². The standard InChI is InChI=1S/C16H17BrN2O2/c17-14-5-1-4-13-11(6-7-18-15(13)14)9-19-8-2-3-12(10-19)16(20)21/h1,4-7,12H,2-3,8-10H2,(H,20,21). The summed E-state index contributed by atoms with van der Waals surface area (Å²) in [6.45, 7) is 2.37. The Kier molecular flexibility index (Phi) is 4.22. The van der Waals surface area contributed by atoms with E-state index in [1.807, 2.05) is 24.4 Å². The van der Waals surface area contributed by atoms with Crippen LogP contribution < -0.4 is 0 Å². The van der Waals surface area contributed by atoms with Crippen LogP contribution in [0, 0.1) is 5.92 Å². The van der Waals surface area contributed by atoms with Gasteiger partial charge in [-0.2, -0.15) is 0 Å². The minimum Gasteiger partial charge on any atom is -0.481 e. The molecule has 1 saturated heterocycles. The zero-order valence-electron chi connectivity index (χ0n) is 11.6. The number of para-hydroxylation sites is 1. The molecule has 1 unspecified atom stereocenters. The number of carboxylic acids is 1. The average molecular weight is 349 g/mol. The maximum absolute atomic E-state index is 11.2. The number of piperidine rings is 1. The van der Waals surface area contributed by atoms with E-state index >= 15 is 0 Å². The summed E-state index contributed by atoms with van der Waals surface area (Å²) in [5.74, 6) is -0.916. The van der Waals surface area contributed by atoms with E-state index in [0.29, 0.717) is 6.54 Å². The van der Waals surface area contributed by atoms with Gasteiger partial charge < -0.3 is 5.11 Å². The van der Waals surface area contributed by atoms with Crippen LogP contribution in [0.25, 0.3) is 10.9 Å². The van der Waals surface area contributed by atoms with Gasteiger partial charge in [-0.15, -0.1) is 0 Å². The summed E-state index contributed by atoms with van der Waals surface area (Å²) >= 11 is 3.53. The molecule has 21 heavy (non-hydrogen) atoms. The molecule has 0 amide bonds. The molecule has 3 rings (SSSR count). The number of nitrogens with zero attached hydrogens (tertiary/aromatic N) is 2. The van der Waals surface area contributed by atoms with Gasteiger partial charge in [0.2, 0.25) is 0 Å². The van der Waals surface area contributed by atoms with Gasteiger partial charge in [0.25, 0.3) is 0 Å². The average Bonchev–Trinajstić information content (AvgIpc) is 2.49. The Balaban J connectivity index is 1.85. The summed E-state index contributed by atoms with van der Waals surface area (Å²) in [6.07, 6.45) is 3.55. The van der Waals surface area contributed by atoms with Crippen LogP contribution in [-0.4, -0.2) is 34.0 Å². The van der Waals surface area contributed by atoms with Crippen LogP contribution in [0.1, 0.15) is 18.4 Å². The number of carbonyl (C=O) groups is 1. The minimum atomic E-state index is -0.679. The van der Waals surface area contributed by atoms with Crippen molar-refractivity contribution < 1.29 is 9.90 Å². The van der Waals surface area contributed by atoms with Crippen molar-refractivity contribution in [1.82, 2.24) is 9.88 Å². The smallest absolute Gasteiger partial charge is 0.307 e. The highest BCUT2D eigenvalue weighted by Gasteiger charge is 2.25. The predicted molar refractivity (Wildman–Crippen MR) is 85.1 cm³/mol. The quantitative estimate of drug-likeness (QED) is 0.924. The molecule has 0 radical (unpaired) electrons. The van der Waals surface area contributed by atoms with Crippen LogP contribution in [0.3, 0.4) is 0 Å². The van der Waals surface area contributed by atoms with E-state index in [1.165, 1.54) is 5.56 Å². The van der Waals surface area contributed by atoms with Gasteiger partial charge in [-0.25, -0.2) is 0 Å². The van der Waals surface area contributed by atoms with E-state index in [2.05, 4.69) is 31.9 Å². The third kappa shape index (κ3) is 3.09. The molecule has 1 N–H and O–H groups in total. The Bertz CT molecular complexity index is 674. The van der Waals surface area contributed by atoms with Crippen LogP contribution in [0.4, 0.5) is 0 Å². The lowest BCUT2D eigenvalue weighted by molar-refractivity contribution is -0.143. The lowest BCUT2D eigenvalue weighted by atomic mass is 9.97. The maximum atomic E-state index is 11.2. The first-order valence-corrected chi connectivity index (χ1v) is 7.91. The number of pyridine rings is 1. The molecule has 1 aliphatic rings. The molecule has 2 heterocycles. The summed E-state index contributed by atoms with van der Waals surface area (Å²) in [5, 5.41) is 10.3. The highest BCUT2D eigenvalue weighted by molar-refractivity contribution is 9.10. The molecule has 1 aromatic heterocycles. The van der Waals surface area contributed by atoms with E-state index in [9.17, 15) is 9.90 Å². The second-order valence-electron chi connectivity index (χ2n) is 5.52. The summed E-state index contributed by atoms with van der Waals surface area (Å²) in [7, 11) is 0. The second-order valence-corrected chi connectivity index (χ2v) is 6.37. The number of aromatic nitrogens is 1. The predicted octanol–water partition coefficient (Wildman–Crippen LogP) is 3.29. The molecule has 1 atom stereocenters. The summed E-state index contributed by atoms with van der Waals surface area (Å²) in [6, 6.07) is 8.09. The van der Waals surface area contributed by atoms with E-state index in [4.69, 9.17) is 0 Å². The SMILES string of the molecule is O=C(O)C1CCCN(Cc2ccnc3c(Br)cccc23)C1. The molecule has 110 valence electrons. The fourth-order valence-electron chi connectivity index (χ4n) is 2.98. The third-order valence-corrected chi connectivity index (χ3v) is 4.70. The topological polar surface area (TPSA) is 53.4 Å². The van der Waals surface area contributed by atoms with E-state index < -0.39 is 5.97 Å². The number of aliphatic carboxylic acids is 1. The van der Waals surface area contributed by atoms with Gasteiger partial charge in [-0.1, -0.05) is 12.1 Å². The van der Waals surface area contributed by atoms with Crippen LogP contribution >= 0.6 is 15.9 Å². The van der Waals surface area contributed by atoms with Gasteiger partial charge >= 0.3 is 5.97 Å². The van der Waals surface area contributed by atoms with Crippen molar-refractivity contribution in [2.75, 3.05) is 13.1 Å². The Hall–Kier alpha value is -1.46. The van der Waals surface area contributed by atoms with Gasteiger partial charge in [0.15, 0.2) is 0 Å². The van der Waals surface area contributed by atoms with Crippen LogP contribution in [-0.2, 0) is 11.3 Å². The number of rotatable bonds is 3. The monoisotopic (exact) mass is 348 g/mol. The fourth-order valence-corrected chi connectivity index (χ4v) is 3.45. The first-order chi connectivity index (χ1) is 10.1. The van der Waals surface area contributed by atoms with Gasteiger partial charge in [0.05, 0.1) is 11.4 Å². The molecule has 2 aromatic rings. The number of halogens is 1. The van der Waals surface area contributed by atoms with Crippen molar-refractivity contribution in [2.45, 2.75) is 19.4 Å². The van der Waals surface area contributed by atoms with Crippen molar-refractivity contribution in [3.05, 3.63) is 40.5 Å². The normalized spacial score (nSPS) is 19.8. The van der Waals surface area contributed by atoms with Crippen molar-refractivity contribution in [3.63, 3.8) is 0 Å². The van der Waals surface area contributed by atoms with Crippen LogP contribution in [0.2, 0.25) is 0 Å². The number of likely N-dealkylation sites (tertiary alicyclic amines) is 1. The molecule has 1 aromatic carbocycles. The highest BCUT2D eigenvalue weighted by atomic mass is 79.9. The lowest BCUT2D eigenvalue weighted by Gasteiger charge is -2.30. The number of hydrogen-bond acceptors (Lipinski definition) is 3. The molecule has 1 aliphatic heterocycles. The summed E-state index contributed by atoms with van der Waals surface area (Å²) in [4.78, 5) is 17.8. The van der Waals surface area contributed by atoms with E-state index in [-0.39, 0.29) is 5.92 Å². The largest absolute Gasteiger partial charge is 0.481 e. The summed E-state index contributed by atoms with van der Waals surface area (Å²) in [5.41, 5.74) is 2.16. The van der Waals surface area contributed by atoms with E-state index in [1.54, 1.807) is 0 Å². The molecule has 0 saturated carbocycles. The number of benzene rings is 1. The fraction of sp³-hybridized carbons (Fsp3) is 0.375. The number of hydrogen-bond donors (Lipinski definition) is 1. The van der Waals surface area contributed by atoms with Gasteiger partial charge in [0.1, 0.15) is 0 Å². The van der Waals surface area contributed by atoms with Crippen molar-refractivity contribution in [3.8, 4) is 0 Å². The van der Waals surface area contributed by atoms with Crippen LogP contribution in [0.5, 0.6) is 0 Å². The Morgan fingerprint density at radius 2 is 2.29 bits per heavy atom. The second kappa shape index (κ2) is 6.12. The Morgan fingerprint density at radius 1 is 1.43 bits per heavy atom. The molecule has 0 aliphatic carbocycles. The maximum Gasteiger partial charge on any atom is 0.307 e. The number of carboxylic acid groups (broad SMARTS) is 1. The van der Waals surface area contributed by atoms with Crippen molar-refractivity contribution in [1.29, 1.82) is 0 Å². The van der Waals surface area contributed by atoms with Crippen molar-refractivity contribution >= 4 is 32.8 Å². The molecule has 0 spiro atoms. The molecular weight excluding hydrogens is 332 g/mol. The molecule has 5 heteroatoms. The highest BCUT2D eigenvalue weighted by Crippen LogP contribution is 2.26. The third-order valence-electron chi connectivity index (χ3n) is 4.06. The first kappa shape index (κ1) is 14.5. The molecule has 4 nitrogen and oxygen atoms in total. The molecule has 1 fully saturated rings. The van der Waals surface area contributed by atoms with Gasteiger partial charge in [-0.3, -0.25) is 14.7 Å². The zero-order chi connectivity index (χ0) is 14.8. The molecular formula is C16H17BrN2O2. The number of fused-ring (bicyclic) bond motifs is 1. The Labute approximate surface area is 131 Å². The van der Waals surface area contributed by atoms with E-state index in [0.717, 1.165) is 41.3 Å². The zero-order valence-corrected chi connectivity index (χ0v) is 13.2. The molecule has 0 bridgehead atoms.